The Kier molecular flexibility index (Phi) is 5.11. The van der Waals surface area contributed by atoms with Gasteiger partial charge in [-0.05, 0) is 70.5 Å². The highest BCUT2D eigenvalue weighted by Gasteiger charge is 2.03. The van der Waals surface area contributed by atoms with E-state index in [4.69, 9.17) is 11.5 Å². The summed E-state index contributed by atoms with van der Waals surface area (Å²) in [6.45, 7) is 0. The maximum Gasteiger partial charge on any atom is 0.0314 e. The molecule has 0 fully saturated rings. The maximum absolute atomic E-state index is 5.78. The molecule has 4 aromatic rings. The van der Waals surface area contributed by atoms with Gasteiger partial charge in [-0.15, -0.1) is 0 Å². The Morgan fingerprint density at radius 1 is 0.429 bits per heavy atom. The van der Waals surface area contributed by atoms with Crippen LogP contribution >= 0.6 is 0 Å². The Labute approximate surface area is 166 Å². The summed E-state index contributed by atoms with van der Waals surface area (Å²) in [6.07, 6.45) is 1.82. The van der Waals surface area contributed by atoms with Gasteiger partial charge in [0.2, 0.25) is 0 Å². The molecule has 0 radical (unpaired) electrons. The third-order valence-corrected chi connectivity index (χ3v) is 4.99. The summed E-state index contributed by atoms with van der Waals surface area (Å²) in [5, 5.41) is 0. The summed E-state index contributed by atoms with van der Waals surface area (Å²) in [5.74, 6) is 0. The van der Waals surface area contributed by atoms with Crippen molar-refractivity contribution in [2.45, 2.75) is 12.8 Å². The highest BCUT2D eigenvalue weighted by Crippen LogP contribution is 2.23. The quantitative estimate of drug-likeness (QED) is 0.446. The monoisotopic (exact) mass is 364 g/mol. The Hall–Kier alpha value is -3.52. The molecule has 0 aromatic heterocycles. The zero-order valence-electron chi connectivity index (χ0n) is 15.8. The summed E-state index contributed by atoms with van der Waals surface area (Å²) in [7, 11) is 0. The van der Waals surface area contributed by atoms with Crippen molar-refractivity contribution in [2.24, 2.45) is 0 Å². The van der Waals surface area contributed by atoms with Gasteiger partial charge in [0.1, 0.15) is 0 Å². The van der Waals surface area contributed by atoms with E-state index in [2.05, 4.69) is 72.8 Å². The third kappa shape index (κ3) is 4.41. The standard InChI is InChI=1S/C26H24N2/c27-25-12-6-20(7-13-25)16-19-4-10-23(11-5-19)24-3-1-2-22(18-24)17-21-8-14-26(28)15-9-21/h1-15,18H,16-17,27-28H2. The summed E-state index contributed by atoms with van der Waals surface area (Å²) < 4.78 is 0. The summed E-state index contributed by atoms with van der Waals surface area (Å²) >= 11 is 0. The van der Waals surface area contributed by atoms with E-state index in [1.165, 1.54) is 33.4 Å². The zero-order chi connectivity index (χ0) is 19.3. The van der Waals surface area contributed by atoms with Gasteiger partial charge in [-0.1, -0.05) is 72.8 Å². The van der Waals surface area contributed by atoms with Crippen LogP contribution in [0.5, 0.6) is 0 Å². The van der Waals surface area contributed by atoms with E-state index in [0.29, 0.717) is 0 Å². The van der Waals surface area contributed by atoms with Gasteiger partial charge < -0.3 is 11.5 Å². The molecule has 138 valence electrons. The summed E-state index contributed by atoms with van der Waals surface area (Å²) in [5.41, 5.74) is 20.8. The van der Waals surface area contributed by atoms with Crippen LogP contribution in [0.1, 0.15) is 22.3 Å². The Morgan fingerprint density at radius 3 is 1.43 bits per heavy atom. The first-order valence-corrected chi connectivity index (χ1v) is 9.53. The van der Waals surface area contributed by atoms with Crippen molar-refractivity contribution in [3.63, 3.8) is 0 Å². The van der Waals surface area contributed by atoms with Gasteiger partial charge in [0, 0.05) is 11.4 Å². The predicted molar refractivity (Wildman–Crippen MR) is 119 cm³/mol. The highest BCUT2D eigenvalue weighted by molar-refractivity contribution is 5.64. The van der Waals surface area contributed by atoms with E-state index >= 15 is 0 Å². The largest absolute Gasteiger partial charge is 0.399 e. The lowest BCUT2D eigenvalue weighted by molar-refractivity contribution is 1.19. The first-order chi connectivity index (χ1) is 13.7. The van der Waals surface area contributed by atoms with Crippen molar-refractivity contribution in [2.75, 3.05) is 11.5 Å². The van der Waals surface area contributed by atoms with Crippen molar-refractivity contribution in [3.8, 4) is 11.1 Å². The van der Waals surface area contributed by atoms with Crippen LogP contribution in [0.25, 0.3) is 11.1 Å². The molecule has 0 saturated carbocycles. The fourth-order valence-electron chi connectivity index (χ4n) is 3.42. The van der Waals surface area contributed by atoms with Crippen LogP contribution < -0.4 is 11.5 Å². The molecule has 2 nitrogen and oxygen atoms in total. The fraction of sp³-hybridized carbons (Fsp3) is 0.0769. The molecule has 0 saturated heterocycles. The molecule has 28 heavy (non-hydrogen) atoms. The lowest BCUT2D eigenvalue weighted by Crippen LogP contribution is -1.91. The number of nitrogens with two attached hydrogens (primary N) is 2. The first kappa shape index (κ1) is 17.9. The predicted octanol–water partition coefficient (Wildman–Crippen LogP) is 5.70. The van der Waals surface area contributed by atoms with Crippen molar-refractivity contribution in [3.05, 3.63) is 119 Å². The minimum atomic E-state index is 0.802. The molecule has 0 spiro atoms. The molecule has 0 bridgehead atoms. The molecule has 0 atom stereocenters. The van der Waals surface area contributed by atoms with E-state index in [9.17, 15) is 0 Å². The third-order valence-electron chi connectivity index (χ3n) is 4.99. The van der Waals surface area contributed by atoms with Gasteiger partial charge in [-0.3, -0.25) is 0 Å². The molecular formula is C26H24N2. The molecule has 4 rings (SSSR count). The number of nitrogen functional groups attached to an aromatic ring is 2. The van der Waals surface area contributed by atoms with Gasteiger partial charge >= 0.3 is 0 Å². The fourth-order valence-corrected chi connectivity index (χ4v) is 3.42. The zero-order valence-corrected chi connectivity index (χ0v) is 15.8. The first-order valence-electron chi connectivity index (χ1n) is 9.53. The lowest BCUT2D eigenvalue weighted by atomic mass is 9.97. The Bertz CT molecular complexity index is 1050. The van der Waals surface area contributed by atoms with E-state index < -0.39 is 0 Å². The number of hydrogen-bond acceptors (Lipinski definition) is 2. The SMILES string of the molecule is Nc1ccc(Cc2ccc(-c3cccc(Cc4ccc(N)cc4)c3)cc2)cc1. The van der Waals surface area contributed by atoms with E-state index in [1.54, 1.807) is 0 Å². The summed E-state index contributed by atoms with van der Waals surface area (Å²) in [4.78, 5) is 0. The molecule has 0 heterocycles. The number of anilines is 2. The number of benzene rings is 4. The molecule has 0 unspecified atom stereocenters. The molecule has 0 amide bonds. The number of rotatable bonds is 5. The van der Waals surface area contributed by atoms with E-state index in [0.717, 1.165) is 24.2 Å². The minimum Gasteiger partial charge on any atom is -0.399 e. The molecule has 2 heteroatoms. The van der Waals surface area contributed by atoms with Gasteiger partial charge in [0.15, 0.2) is 0 Å². The van der Waals surface area contributed by atoms with Crippen LogP contribution in [0.4, 0.5) is 11.4 Å². The average molecular weight is 364 g/mol. The van der Waals surface area contributed by atoms with Crippen molar-refractivity contribution in [1.29, 1.82) is 0 Å². The van der Waals surface area contributed by atoms with Gasteiger partial charge in [0.05, 0.1) is 0 Å². The van der Waals surface area contributed by atoms with Crippen molar-refractivity contribution in [1.82, 2.24) is 0 Å². The Balaban J connectivity index is 1.49. The van der Waals surface area contributed by atoms with Crippen LogP contribution in [-0.4, -0.2) is 0 Å². The van der Waals surface area contributed by atoms with Gasteiger partial charge in [-0.2, -0.15) is 0 Å². The van der Waals surface area contributed by atoms with Crippen LogP contribution in [0.3, 0.4) is 0 Å². The molecule has 0 aliphatic carbocycles. The lowest BCUT2D eigenvalue weighted by Gasteiger charge is -2.08. The second-order valence-corrected chi connectivity index (χ2v) is 7.23. The van der Waals surface area contributed by atoms with Crippen LogP contribution in [0.15, 0.2) is 97.1 Å². The normalized spacial score (nSPS) is 10.7. The second kappa shape index (κ2) is 8.01. The maximum atomic E-state index is 5.78. The van der Waals surface area contributed by atoms with Crippen molar-refractivity contribution >= 4 is 11.4 Å². The van der Waals surface area contributed by atoms with Crippen LogP contribution in [0, 0.1) is 0 Å². The topological polar surface area (TPSA) is 52.0 Å². The second-order valence-electron chi connectivity index (χ2n) is 7.23. The molecule has 0 aliphatic heterocycles. The highest BCUT2D eigenvalue weighted by atomic mass is 14.5. The minimum absolute atomic E-state index is 0.802. The van der Waals surface area contributed by atoms with E-state index in [1.807, 2.05) is 24.3 Å². The Morgan fingerprint density at radius 2 is 0.893 bits per heavy atom. The molecule has 4 aromatic carbocycles. The average Bonchev–Trinajstić information content (AvgIpc) is 2.72. The molecule has 0 aliphatic rings. The molecule has 4 N–H and O–H groups in total. The van der Waals surface area contributed by atoms with Crippen LogP contribution in [-0.2, 0) is 12.8 Å². The van der Waals surface area contributed by atoms with Gasteiger partial charge in [0.25, 0.3) is 0 Å². The molecular weight excluding hydrogens is 340 g/mol. The number of hydrogen-bond donors (Lipinski definition) is 2. The van der Waals surface area contributed by atoms with Crippen molar-refractivity contribution < 1.29 is 0 Å². The van der Waals surface area contributed by atoms with Crippen LogP contribution in [0.2, 0.25) is 0 Å². The summed E-state index contributed by atoms with van der Waals surface area (Å²) in [6, 6.07) is 33.7. The smallest absolute Gasteiger partial charge is 0.0314 e. The van der Waals surface area contributed by atoms with Gasteiger partial charge in [-0.25, -0.2) is 0 Å². The van der Waals surface area contributed by atoms with E-state index in [-0.39, 0.29) is 0 Å².